The molecule has 8 heteroatoms. The van der Waals surface area contributed by atoms with Crippen LogP contribution in [0.2, 0.25) is 0 Å². The molecule has 0 aliphatic carbocycles. The number of nitrogens with one attached hydrogen (secondary N) is 1. The van der Waals surface area contributed by atoms with Crippen molar-refractivity contribution in [3.8, 4) is 5.75 Å². The van der Waals surface area contributed by atoms with Gasteiger partial charge in [-0.1, -0.05) is 25.5 Å². The third kappa shape index (κ3) is 5.75. The van der Waals surface area contributed by atoms with E-state index < -0.39 is 11.9 Å². The van der Waals surface area contributed by atoms with Gasteiger partial charge in [0.15, 0.2) is 5.17 Å². The van der Waals surface area contributed by atoms with Gasteiger partial charge in [0.2, 0.25) is 0 Å². The molecule has 1 aromatic carbocycles. The van der Waals surface area contributed by atoms with Gasteiger partial charge in [-0.2, -0.15) is 5.10 Å². The van der Waals surface area contributed by atoms with Gasteiger partial charge >= 0.3 is 5.97 Å². The standard InChI is InChI=1S/C17H19N3O4S/c1-3-4-9-24-13-8-6-5-7-12(13)11-18-20-17-19-16(22)14(25-17)10-15(21)23-2/h5-8,10-11H,3-4,9H2,1-2H3,(H,19,20,22)/b14-10+,18-11?. The first-order valence-electron chi connectivity index (χ1n) is 7.75. The molecule has 0 atom stereocenters. The topological polar surface area (TPSA) is 89.4 Å². The summed E-state index contributed by atoms with van der Waals surface area (Å²) in [4.78, 5) is 23.1. The Balaban J connectivity index is 2.03. The molecule has 2 rings (SSSR count). The number of benzene rings is 1. The van der Waals surface area contributed by atoms with E-state index in [9.17, 15) is 9.59 Å². The van der Waals surface area contributed by atoms with Crippen molar-refractivity contribution in [2.45, 2.75) is 19.8 Å². The number of thioether (sulfide) groups is 1. The Labute approximate surface area is 150 Å². The van der Waals surface area contributed by atoms with E-state index in [0.29, 0.717) is 11.8 Å². The Bertz CT molecular complexity index is 728. The van der Waals surface area contributed by atoms with E-state index in [2.05, 4.69) is 27.2 Å². The molecule has 0 unspecified atom stereocenters. The molecule has 25 heavy (non-hydrogen) atoms. The number of ether oxygens (including phenoxy) is 2. The molecule has 1 amide bonds. The highest BCUT2D eigenvalue weighted by molar-refractivity contribution is 8.18. The van der Waals surface area contributed by atoms with Crippen molar-refractivity contribution in [2.24, 2.45) is 10.2 Å². The lowest BCUT2D eigenvalue weighted by Gasteiger charge is -2.07. The van der Waals surface area contributed by atoms with Crippen LogP contribution in [0.5, 0.6) is 5.75 Å². The van der Waals surface area contributed by atoms with Crippen molar-refractivity contribution in [3.63, 3.8) is 0 Å². The maximum atomic E-state index is 11.7. The number of carbonyl (C=O) groups is 2. The van der Waals surface area contributed by atoms with E-state index in [-0.39, 0.29) is 4.91 Å². The molecule has 0 aromatic heterocycles. The van der Waals surface area contributed by atoms with Crippen LogP contribution in [0, 0.1) is 0 Å². The summed E-state index contributed by atoms with van der Waals surface area (Å²) < 4.78 is 10.2. The lowest BCUT2D eigenvalue weighted by Crippen LogP contribution is -2.19. The number of hydrogen-bond acceptors (Lipinski definition) is 7. The number of rotatable bonds is 7. The summed E-state index contributed by atoms with van der Waals surface area (Å²) in [5, 5.41) is 10.8. The molecule has 1 fully saturated rings. The molecule has 1 aromatic rings. The van der Waals surface area contributed by atoms with Gasteiger partial charge in [-0.25, -0.2) is 4.79 Å². The number of methoxy groups -OCH3 is 1. The van der Waals surface area contributed by atoms with Gasteiger partial charge in [-0.15, -0.1) is 5.10 Å². The zero-order chi connectivity index (χ0) is 18.1. The number of unbranched alkanes of at least 4 members (excludes halogenated alkanes) is 1. The predicted molar refractivity (Wildman–Crippen MR) is 97.7 cm³/mol. The van der Waals surface area contributed by atoms with Crippen molar-refractivity contribution < 1.29 is 19.1 Å². The minimum atomic E-state index is -0.597. The molecular formula is C17H19N3O4S. The second-order valence-electron chi connectivity index (χ2n) is 4.98. The number of hydrogen-bond donors (Lipinski definition) is 1. The first-order chi connectivity index (χ1) is 12.1. The first-order valence-corrected chi connectivity index (χ1v) is 8.57. The SMILES string of the molecule is CCCCOc1ccccc1C=N/N=C1/NC(=O)/C(=C\C(=O)OC)S1. The van der Waals surface area contributed by atoms with Crippen LogP contribution in [0.25, 0.3) is 0 Å². The van der Waals surface area contributed by atoms with Gasteiger partial charge in [0.1, 0.15) is 5.75 Å². The van der Waals surface area contributed by atoms with Crippen molar-refractivity contribution in [3.05, 3.63) is 40.8 Å². The summed E-state index contributed by atoms with van der Waals surface area (Å²) in [5.74, 6) is -0.275. The van der Waals surface area contributed by atoms with E-state index >= 15 is 0 Å². The van der Waals surface area contributed by atoms with Crippen LogP contribution in [0.1, 0.15) is 25.3 Å². The zero-order valence-electron chi connectivity index (χ0n) is 14.0. The summed E-state index contributed by atoms with van der Waals surface area (Å²) in [6, 6.07) is 7.51. The van der Waals surface area contributed by atoms with E-state index in [1.54, 1.807) is 6.21 Å². The number of nitrogens with zero attached hydrogens (tertiary/aromatic N) is 2. The molecule has 1 N–H and O–H groups in total. The Morgan fingerprint density at radius 2 is 2.16 bits per heavy atom. The lowest BCUT2D eigenvalue weighted by molar-refractivity contribution is -0.135. The normalized spacial score (nSPS) is 17.3. The Morgan fingerprint density at radius 1 is 1.36 bits per heavy atom. The highest BCUT2D eigenvalue weighted by atomic mass is 32.2. The van der Waals surface area contributed by atoms with E-state index in [0.717, 1.165) is 42.0 Å². The summed E-state index contributed by atoms with van der Waals surface area (Å²) in [5.41, 5.74) is 0.794. The molecule has 0 spiro atoms. The summed E-state index contributed by atoms with van der Waals surface area (Å²) >= 11 is 1.02. The van der Waals surface area contributed by atoms with E-state index in [1.165, 1.54) is 7.11 Å². The smallest absolute Gasteiger partial charge is 0.331 e. The number of carbonyl (C=O) groups excluding carboxylic acids is 2. The number of amides is 1. The minimum Gasteiger partial charge on any atom is -0.493 e. The average molecular weight is 361 g/mol. The van der Waals surface area contributed by atoms with Crippen LogP contribution in [0.15, 0.2) is 45.4 Å². The molecule has 1 aliphatic rings. The monoisotopic (exact) mass is 361 g/mol. The van der Waals surface area contributed by atoms with Gasteiger partial charge in [-0.05, 0) is 30.3 Å². The molecule has 0 saturated carbocycles. The molecule has 1 heterocycles. The quantitative estimate of drug-likeness (QED) is 0.265. The van der Waals surface area contributed by atoms with Crippen LogP contribution in [0.4, 0.5) is 0 Å². The van der Waals surface area contributed by atoms with Crippen LogP contribution >= 0.6 is 11.8 Å². The van der Waals surface area contributed by atoms with Crippen LogP contribution in [-0.2, 0) is 14.3 Å². The number of amidine groups is 1. The van der Waals surface area contributed by atoms with Crippen molar-refractivity contribution >= 4 is 35.0 Å². The Hall–Kier alpha value is -2.61. The molecule has 1 saturated heterocycles. The number of para-hydroxylation sites is 1. The summed E-state index contributed by atoms with van der Waals surface area (Å²) in [6.07, 6.45) is 4.71. The average Bonchev–Trinajstić information content (AvgIpc) is 2.96. The first kappa shape index (κ1) is 18.7. The molecule has 0 radical (unpaired) electrons. The fourth-order valence-corrected chi connectivity index (χ4v) is 2.57. The Kier molecular flexibility index (Phi) is 7.21. The largest absolute Gasteiger partial charge is 0.493 e. The maximum Gasteiger partial charge on any atom is 0.331 e. The van der Waals surface area contributed by atoms with Gasteiger partial charge < -0.3 is 9.47 Å². The second-order valence-corrected chi connectivity index (χ2v) is 6.01. The zero-order valence-corrected chi connectivity index (χ0v) is 14.8. The van der Waals surface area contributed by atoms with Crippen LogP contribution in [0.3, 0.4) is 0 Å². The number of esters is 1. The third-order valence-electron chi connectivity index (χ3n) is 3.12. The second kappa shape index (κ2) is 9.63. The molecule has 1 aliphatic heterocycles. The molecule has 132 valence electrons. The summed E-state index contributed by atoms with van der Waals surface area (Å²) in [6.45, 7) is 2.74. The van der Waals surface area contributed by atoms with Crippen molar-refractivity contribution in [1.82, 2.24) is 5.32 Å². The predicted octanol–water partition coefficient (Wildman–Crippen LogP) is 2.48. The third-order valence-corrected chi connectivity index (χ3v) is 4.02. The van der Waals surface area contributed by atoms with Crippen LogP contribution in [-0.4, -0.2) is 37.0 Å². The van der Waals surface area contributed by atoms with Gasteiger partial charge in [0.25, 0.3) is 5.91 Å². The van der Waals surface area contributed by atoms with E-state index in [4.69, 9.17) is 4.74 Å². The van der Waals surface area contributed by atoms with Crippen LogP contribution < -0.4 is 10.1 Å². The molecule has 0 bridgehead atoms. The highest BCUT2D eigenvalue weighted by Gasteiger charge is 2.24. The van der Waals surface area contributed by atoms with Gasteiger partial charge in [0, 0.05) is 11.6 Å². The van der Waals surface area contributed by atoms with Gasteiger partial charge in [-0.3, -0.25) is 10.1 Å². The lowest BCUT2D eigenvalue weighted by atomic mass is 10.2. The molecular weight excluding hydrogens is 342 g/mol. The van der Waals surface area contributed by atoms with E-state index in [1.807, 2.05) is 24.3 Å². The fraction of sp³-hybridized carbons (Fsp3) is 0.294. The van der Waals surface area contributed by atoms with Crippen molar-refractivity contribution in [1.29, 1.82) is 0 Å². The molecule has 7 nitrogen and oxygen atoms in total. The summed E-state index contributed by atoms with van der Waals surface area (Å²) in [7, 11) is 1.25. The highest BCUT2D eigenvalue weighted by Crippen LogP contribution is 2.23. The Morgan fingerprint density at radius 3 is 2.92 bits per heavy atom. The van der Waals surface area contributed by atoms with Gasteiger partial charge in [0.05, 0.1) is 24.8 Å². The minimum absolute atomic E-state index is 0.212. The van der Waals surface area contributed by atoms with Crippen molar-refractivity contribution in [2.75, 3.05) is 13.7 Å². The fourth-order valence-electron chi connectivity index (χ4n) is 1.83. The maximum absolute atomic E-state index is 11.7.